The van der Waals surface area contributed by atoms with E-state index in [-0.39, 0.29) is 18.4 Å². The number of rotatable bonds is 5. The fraction of sp³-hybridized carbons (Fsp3) is 0.556. The van der Waals surface area contributed by atoms with Gasteiger partial charge in [-0.2, -0.15) is 5.10 Å². The Morgan fingerprint density at radius 1 is 1.33 bits per heavy atom. The summed E-state index contributed by atoms with van der Waals surface area (Å²) in [5.74, 6) is 0.225. The van der Waals surface area contributed by atoms with Crippen molar-refractivity contribution in [2.45, 2.75) is 38.8 Å². The van der Waals surface area contributed by atoms with Gasteiger partial charge in [0.25, 0.3) is 0 Å². The molecule has 3 rings (SSSR count). The molecule has 0 radical (unpaired) electrons. The molecule has 4 unspecified atom stereocenters. The van der Waals surface area contributed by atoms with Gasteiger partial charge in [-0.05, 0) is 42.4 Å². The number of hydrogen-bond donors (Lipinski definition) is 2. The highest BCUT2D eigenvalue weighted by atomic mass is 35.5. The van der Waals surface area contributed by atoms with Gasteiger partial charge in [-0.25, -0.2) is 4.98 Å². The minimum atomic E-state index is -1.06. The number of aromatic nitrogens is 3. The Morgan fingerprint density at radius 2 is 2.04 bits per heavy atom. The van der Waals surface area contributed by atoms with Gasteiger partial charge in [-0.1, -0.05) is 37.6 Å². The van der Waals surface area contributed by atoms with E-state index in [4.69, 9.17) is 11.6 Å². The van der Waals surface area contributed by atoms with Gasteiger partial charge in [0.1, 0.15) is 12.7 Å². The number of benzene rings is 1. The molecule has 1 heterocycles. The van der Waals surface area contributed by atoms with E-state index in [1.54, 1.807) is 11.0 Å². The lowest BCUT2D eigenvalue weighted by Crippen LogP contribution is -2.53. The zero-order valence-corrected chi connectivity index (χ0v) is 14.8. The highest BCUT2D eigenvalue weighted by molar-refractivity contribution is 6.30. The minimum Gasteiger partial charge on any atom is -0.396 e. The first-order valence-corrected chi connectivity index (χ1v) is 8.67. The molecule has 1 aliphatic carbocycles. The van der Waals surface area contributed by atoms with Gasteiger partial charge in [-0.15, -0.1) is 0 Å². The summed E-state index contributed by atoms with van der Waals surface area (Å²) in [7, 11) is 0. The van der Waals surface area contributed by atoms with E-state index in [0.29, 0.717) is 11.6 Å². The van der Waals surface area contributed by atoms with E-state index >= 15 is 0 Å². The third-order valence-electron chi connectivity index (χ3n) is 5.98. The minimum absolute atomic E-state index is 0.0232. The van der Waals surface area contributed by atoms with E-state index in [0.717, 1.165) is 18.4 Å². The number of aliphatic hydroxyl groups excluding tert-OH is 1. The van der Waals surface area contributed by atoms with Crippen LogP contribution in [0.25, 0.3) is 0 Å². The Morgan fingerprint density at radius 3 is 2.62 bits per heavy atom. The lowest BCUT2D eigenvalue weighted by Gasteiger charge is -2.43. The van der Waals surface area contributed by atoms with Crippen molar-refractivity contribution in [3.05, 3.63) is 47.5 Å². The van der Waals surface area contributed by atoms with E-state index in [1.807, 2.05) is 31.2 Å². The summed E-state index contributed by atoms with van der Waals surface area (Å²) in [5, 5.41) is 26.6. The molecule has 1 fully saturated rings. The smallest absolute Gasteiger partial charge is 0.137 e. The number of hydrogen-bond acceptors (Lipinski definition) is 4. The fourth-order valence-corrected chi connectivity index (χ4v) is 4.22. The molecule has 4 atom stereocenters. The molecule has 0 saturated heterocycles. The average molecular weight is 350 g/mol. The number of halogens is 1. The Balaban J connectivity index is 1.92. The van der Waals surface area contributed by atoms with Crippen LogP contribution in [0.2, 0.25) is 5.02 Å². The zero-order valence-electron chi connectivity index (χ0n) is 14.1. The van der Waals surface area contributed by atoms with Crippen molar-refractivity contribution < 1.29 is 10.2 Å². The number of aliphatic hydroxyl groups is 2. The van der Waals surface area contributed by atoms with Crippen molar-refractivity contribution in [3.63, 3.8) is 0 Å². The van der Waals surface area contributed by atoms with Crippen molar-refractivity contribution >= 4 is 11.6 Å². The van der Waals surface area contributed by atoms with Crippen LogP contribution in [0.1, 0.15) is 25.8 Å². The maximum Gasteiger partial charge on any atom is 0.137 e. The Kier molecular flexibility index (Phi) is 4.69. The zero-order chi connectivity index (χ0) is 17.4. The Labute approximate surface area is 147 Å². The molecule has 0 aliphatic heterocycles. The van der Waals surface area contributed by atoms with Gasteiger partial charge in [0.15, 0.2) is 0 Å². The van der Waals surface area contributed by atoms with Gasteiger partial charge in [0, 0.05) is 10.4 Å². The van der Waals surface area contributed by atoms with E-state index < -0.39 is 11.0 Å². The first kappa shape index (κ1) is 17.4. The van der Waals surface area contributed by atoms with Crippen molar-refractivity contribution in [1.29, 1.82) is 0 Å². The first-order valence-electron chi connectivity index (χ1n) is 8.29. The molecule has 1 aromatic heterocycles. The third kappa shape index (κ3) is 2.85. The summed E-state index contributed by atoms with van der Waals surface area (Å²) in [6.07, 6.45) is 4.66. The largest absolute Gasteiger partial charge is 0.396 e. The standard InChI is InChI=1S/C18H24ClN3O2/c1-13-7-15(8-14-3-5-16(19)6-4-14)18(24,17(13,2)10-23)9-22-12-20-11-21-22/h3-6,11-13,15,23-24H,7-10H2,1-2H3. The second-order valence-electron chi connectivity index (χ2n) is 7.26. The highest BCUT2D eigenvalue weighted by Crippen LogP contribution is 2.55. The summed E-state index contributed by atoms with van der Waals surface area (Å²) in [5.41, 5.74) is -0.513. The predicted molar refractivity (Wildman–Crippen MR) is 92.6 cm³/mol. The lowest BCUT2D eigenvalue weighted by molar-refractivity contribution is -0.127. The van der Waals surface area contributed by atoms with Crippen LogP contribution >= 0.6 is 11.6 Å². The quantitative estimate of drug-likeness (QED) is 0.870. The molecule has 0 bridgehead atoms. The highest BCUT2D eigenvalue weighted by Gasteiger charge is 2.60. The van der Waals surface area contributed by atoms with Gasteiger partial charge in [0.2, 0.25) is 0 Å². The van der Waals surface area contributed by atoms with Crippen LogP contribution in [0, 0.1) is 17.3 Å². The van der Waals surface area contributed by atoms with Crippen molar-refractivity contribution in [2.24, 2.45) is 17.3 Å². The van der Waals surface area contributed by atoms with Crippen LogP contribution in [0.15, 0.2) is 36.9 Å². The van der Waals surface area contributed by atoms with Crippen molar-refractivity contribution in [1.82, 2.24) is 14.8 Å². The molecular weight excluding hydrogens is 326 g/mol. The molecule has 0 spiro atoms. The van der Waals surface area contributed by atoms with Crippen LogP contribution < -0.4 is 0 Å². The molecule has 2 aromatic rings. The van der Waals surface area contributed by atoms with E-state index in [1.165, 1.54) is 6.33 Å². The maximum atomic E-state index is 11.7. The molecule has 1 aromatic carbocycles. The summed E-state index contributed by atoms with van der Waals surface area (Å²) >= 11 is 5.97. The SMILES string of the molecule is CC1CC(Cc2ccc(Cl)cc2)C(O)(Cn2cncn2)C1(C)CO. The monoisotopic (exact) mass is 349 g/mol. The van der Waals surface area contributed by atoms with Crippen LogP contribution in [-0.2, 0) is 13.0 Å². The van der Waals surface area contributed by atoms with Crippen molar-refractivity contribution in [3.8, 4) is 0 Å². The lowest BCUT2D eigenvalue weighted by atomic mass is 9.69. The second kappa shape index (κ2) is 6.47. The third-order valence-corrected chi connectivity index (χ3v) is 6.24. The summed E-state index contributed by atoms with van der Waals surface area (Å²) < 4.78 is 1.65. The fourth-order valence-electron chi connectivity index (χ4n) is 4.10. The molecule has 130 valence electrons. The van der Waals surface area contributed by atoms with Gasteiger partial charge in [-0.3, -0.25) is 4.68 Å². The molecule has 2 N–H and O–H groups in total. The van der Waals surface area contributed by atoms with Gasteiger partial charge < -0.3 is 10.2 Å². The van der Waals surface area contributed by atoms with Gasteiger partial charge in [0.05, 0.1) is 18.8 Å². The molecule has 1 aliphatic rings. The Bertz CT molecular complexity index is 676. The van der Waals surface area contributed by atoms with E-state index in [2.05, 4.69) is 17.0 Å². The van der Waals surface area contributed by atoms with Crippen molar-refractivity contribution in [2.75, 3.05) is 6.61 Å². The normalized spacial score (nSPS) is 33.0. The van der Waals surface area contributed by atoms with Crippen LogP contribution in [-0.4, -0.2) is 37.2 Å². The summed E-state index contributed by atoms with van der Waals surface area (Å²) in [6, 6.07) is 7.74. The van der Waals surface area contributed by atoms with Gasteiger partial charge >= 0.3 is 0 Å². The summed E-state index contributed by atoms with van der Waals surface area (Å²) in [4.78, 5) is 3.97. The molecule has 1 saturated carbocycles. The molecule has 24 heavy (non-hydrogen) atoms. The number of nitrogens with zero attached hydrogens (tertiary/aromatic N) is 3. The van der Waals surface area contributed by atoms with Crippen LogP contribution in [0.3, 0.4) is 0 Å². The molecule has 5 nitrogen and oxygen atoms in total. The van der Waals surface area contributed by atoms with Crippen LogP contribution in [0.5, 0.6) is 0 Å². The topological polar surface area (TPSA) is 71.2 Å². The average Bonchev–Trinajstić information content (AvgIpc) is 3.12. The second-order valence-corrected chi connectivity index (χ2v) is 7.69. The van der Waals surface area contributed by atoms with Crippen LogP contribution in [0.4, 0.5) is 0 Å². The molecule has 6 heteroatoms. The predicted octanol–water partition coefficient (Wildman–Crippen LogP) is 2.56. The maximum absolute atomic E-state index is 11.7. The molecule has 0 amide bonds. The Hall–Kier alpha value is -1.43. The summed E-state index contributed by atoms with van der Waals surface area (Å²) in [6.45, 7) is 4.34. The molecular formula is C18H24ClN3O2. The first-order chi connectivity index (χ1) is 11.4. The van der Waals surface area contributed by atoms with E-state index in [9.17, 15) is 10.2 Å².